The van der Waals surface area contributed by atoms with Crippen LogP contribution in [0.5, 0.6) is 11.5 Å². The van der Waals surface area contributed by atoms with Gasteiger partial charge in [0.15, 0.2) is 17.3 Å². The van der Waals surface area contributed by atoms with Gasteiger partial charge >= 0.3 is 5.76 Å². The molecule has 2 unspecified atom stereocenters. The molecule has 1 amide bonds. The number of rotatable bonds is 5. The normalized spacial score (nSPS) is 21.5. The summed E-state index contributed by atoms with van der Waals surface area (Å²) in [6.45, 7) is 0.682. The topological polar surface area (TPSA) is 86.8 Å². The standard InChI is InChI=1S/C21H27N3O5/c1-27-17-10-9-15(12-18(17)28-2)20-22-29-21(26)24(20)13-19(25)23-11-5-7-14-6-3-4-8-16(14)23/h9-10,12,14,16H,3-8,11,13H2,1-2H3. The number of ether oxygens (including phenoxy) is 2. The minimum atomic E-state index is -0.639. The van der Waals surface area contributed by atoms with E-state index in [0.29, 0.717) is 34.8 Å². The summed E-state index contributed by atoms with van der Waals surface area (Å²) < 4.78 is 16.8. The molecule has 2 atom stereocenters. The summed E-state index contributed by atoms with van der Waals surface area (Å²) in [5.41, 5.74) is 0.621. The van der Waals surface area contributed by atoms with Gasteiger partial charge in [0.1, 0.15) is 6.54 Å². The van der Waals surface area contributed by atoms with Crippen molar-refractivity contribution in [2.45, 2.75) is 51.1 Å². The highest BCUT2D eigenvalue weighted by atomic mass is 16.5. The van der Waals surface area contributed by atoms with E-state index in [1.807, 2.05) is 4.90 Å². The first-order valence-electron chi connectivity index (χ1n) is 10.2. The Hall–Kier alpha value is -2.77. The number of fused-ring (bicyclic) bond motifs is 1. The van der Waals surface area contributed by atoms with E-state index in [9.17, 15) is 9.59 Å². The van der Waals surface area contributed by atoms with Gasteiger partial charge in [0.25, 0.3) is 0 Å². The third-order valence-electron chi connectivity index (χ3n) is 6.18. The summed E-state index contributed by atoms with van der Waals surface area (Å²) in [6.07, 6.45) is 6.87. The van der Waals surface area contributed by atoms with Gasteiger partial charge in [-0.1, -0.05) is 18.0 Å². The Morgan fingerprint density at radius 1 is 1.14 bits per heavy atom. The van der Waals surface area contributed by atoms with Gasteiger partial charge in [0, 0.05) is 18.2 Å². The number of benzene rings is 1. The second kappa shape index (κ2) is 8.31. The van der Waals surface area contributed by atoms with Crippen molar-refractivity contribution in [2.75, 3.05) is 20.8 Å². The first kappa shape index (κ1) is 19.5. The van der Waals surface area contributed by atoms with Crippen LogP contribution in [-0.2, 0) is 11.3 Å². The highest BCUT2D eigenvalue weighted by molar-refractivity contribution is 5.77. The number of aromatic nitrogens is 2. The largest absolute Gasteiger partial charge is 0.493 e. The number of amides is 1. The fraction of sp³-hybridized carbons (Fsp3) is 0.571. The van der Waals surface area contributed by atoms with E-state index in [1.165, 1.54) is 30.9 Å². The van der Waals surface area contributed by atoms with Gasteiger partial charge in [-0.2, -0.15) is 0 Å². The molecule has 0 bridgehead atoms. The second-order valence-electron chi connectivity index (χ2n) is 7.77. The predicted molar refractivity (Wildman–Crippen MR) is 106 cm³/mol. The molecule has 0 spiro atoms. The van der Waals surface area contributed by atoms with Gasteiger partial charge in [-0.3, -0.25) is 9.32 Å². The van der Waals surface area contributed by atoms with Gasteiger partial charge in [-0.15, -0.1) is 0 Å². The molecule has 0 N–H and O–H groups in total. The van der Waals surface area contributed by atoms with Crippen LogP contribution in [0.1, 0.15) is 38.5 Å². The highest BCUT2D eigenvalue weighted by Crippen LogP contribution is 2.35. The van der Waals surface area contributed by atoms with E-state index in [1.54, 1.807) is 25.3 Å². The van der Waals surface area contributed by atoms with E-state index in [4.69, 9.17) is 14.0 Å². The fourth-order valence-electron chi connectivity index (χ4n) is 4.75. The first-order chi connectivity index (χ1) is 14.1. The second-order valence-corrected chi connectivity index (χ2v) is 7.77. The molecule has 29 heavy (non-hydrogen) atoms. The Morgan fingerprint density at radius 2 is 1.90 bits per heavy atom. The van der Waals surface area contributed by atoms with Crippen molar-refractivity contribution in [1.82, 2.24) is 14.6 Å². The molecule has 0 radical (unpaired) electrons. The number of likely N-dealkylation sites (tertiary alicyclic amines) is 1. The summed E-state index contributed by atoms with van der Waals surface area (Å²) in [7, 11) is 3.09. The molecule has 4 rings (SSSR count). The summed E-state index contributed by atoms with van der Waals surface area (Å²) >= 11 is 0. The maximum atomic E-state index is 13.1. The Balaban J connectivity index is 1.59. The smallest absolute Gasteiger partial charge is 0.442 e. The summed E-state index contributed by atoms with van der Waals surface area (Å²) in [6, 6.07) is 5.51. The van der Waals surface area contributed by atoms with Gasteiger partial charge in [-0.25, -0.2) is 9.36 Å². The SMILES string of the molecule is COc1ccc(-c2noc(=O)n2CC(=O)N2CCCC3CCCCC32)cc1OC. The molecule has 1 aromatic carbocycles. The number of nitrogens with zero attached hydrogens (tertiary/aromatic N) is 3. The zero-order valence-corrected chi connectivity index (χ0v) is 16.9. The Bertz CT molecular complexity index is 933. The number of hydrogen-bond acceptors (Lipinski definition) is 6. The van der Waals surface area contributed by atoms with Gasteiger partial charge in [-0.05, 0) is 49.8 Å². The van der Waals surface area contributed by atoms with Crippen molar-refractivity contribution in [1.29, 1.82) is 0 Å². The van der Waals surface area contributed by atoms with Crippen molar-refractivity contribution in [3.8, 4) is 22.9 Å². The first-order valence-corrected chi connectivity index (χ1v) is 10.2. The lowest BCUT2D eigenvalue weighted by molar-refractivity contribution is -0.138. The minimum absolute atomic E-state index is 0.0476. The predicted octanol–water partition coefficient (Wildman–Crippen LogP) is 2.70. The van der Waals surface area contributed by atoms with Gasteiger partial charge in [0.05, 0.1) is 14.2 Å². The Kier molecular flexibility index (Phi) is 5.60. The molecule has 1 aliphatic heterocycles. The van der Waals surface area contributed by atoms with Crippen LogP contribution in [0.15, 0.2) is 27.5 Å². The number of methoxy groups -OCH3 is 2. The molecule has 1 saturated heterocycles. The van der Waals surface area contributed by atoms with Crippen molar-refractivity contribution >= 4 is 5.91 Å². The number of carbonyl (C=O) groups excluding carboxylic acids is 1. The fourth-order valence-corrected chi connectivity index (χ4v) is 4.75. The van der Waals surface area contributed by atoms with Crippen molar-refractivity contribution in [3.63, 3.8) is 0 Å². The highest BCUT2D eigenvalue weighted by Gasteiger charge is 2.36. The molecule has 8 nitrogen and oxygen atoms in total. The minimum Gasteiger partial charge on any atom is -0.493 e. The van der Waals surface area contributed by atoms with E-state index in [-0.39, 0.29) is 12.5 Å². The molecule has 1 aliphatic carbocycles. The van der Waals surface area contributed by atoms with Crippen LogP contribution in [0.4, 0.5) is 0 Å². The average Bonchev–Trinajstić information content (AvgIpc) is 3.12. The zero-order valence-electron chi connectivity index (χ0n) is 16.9. The zero-order chi connectivity index (χ0) is 20.4. The molecule has 2 aromatic rings. The Morgan fingerprint density at radius 3 is 2.69 bits per heavy atom. The Labute approximate surface area is 169 Å². The van der Waals surface area contributed by atoms with Crippen LogP contribution >= 0.6 is 0 Å². The summed E-state index contributed by atoms with van der Waals surface area (Å²) in [5.74, 6) is 1.29. The third kappa shape index (κ3) is 3.75. The molecule has 156 valence electrons. The summed E-state index contributed by atoms with van der Waals surface area (Å²) in [5, 5.41) is 3.90. The number of carbonyl (C=O) groups is 1. The quantitative estimate of drug-likeness (QED) is 0.766. The lowest BCUT2D eigenvalue weighted by Gasteiger charge is -2.44. The summed E-state index contributed by atoms with van der Waals surface area (Å²) in [4.78, 5) is 27.4. The number of piperidine rings is 1. The van der Waals surface area contributed by atoms with Crippen LogP contribution in [0.3, 0.4) is 0 Å². The molecule has 1 aromatic heterocycles. The van der Waals surface area contributed by atoms with Crippen LogP contribution in [0.2, 0.25) is 0 Å². The molecule has 8 heteroatoms. The maximum absolute atomic E-state index is 13.1. The number of hydrogen-bond donors (Lipinski definition) is 0. The molecular weight excluding hydrogens is 374 g/mol. The monoisotopic (exact) mass is 401 g/mol. The molecule has 2 fully saturated rings. The van der Waals surface area contributed by atoms with Crippen LogP contribution in [0, 0.1) is 5.92 Å². The maximum Gasteiger partial charge on any atom is 0.442 e. The average molecular weight is 401 g/mol. The molecule has 1 saturated carbocycles. The molecule has 2 aliphatic rings. The van der Waals surface area contributed by atoms with Gasteiger partial charge in [0.2, 0.25) is 5.91 Å². The van der Waals surface area contributed by atoms with Crippen LogP contribution < -0.4 is 15.2 Å². The lowest BCUT2D eigenvalue weighted by atomic mass is 9.78. The van der Waals surface area contributed by atoms with E-state index in [2.05, 4.69) is 5.16 Å². The van der Waals surface area contributed by atoms with E-state index >= 15 is 0 Å². The lowest BCUT2D eigenvalue weighted by Crippen LogP contribution is -2.51. The van der Waals surface area contributed by atoms with E-state index in [0.717, 1.165) is 25.8 Å². The van der Waals surface area contributed by atoms with Crippen molar-refractivity contribution in [3.05, 3.63) is 28.7 Å². The van der Waals surface area contributed by atoms with Gasteiger partial charge < -0.3 is 14.4 Å². The van der Waals surface area contributed by atoms with Crippen LogP contribution in [-0.4, -0.2) is 47.3 Å². The third-order valence-corrected chi connectivity index (χ3v) is 6.18. The van der Waals surface area contributed by atoms with E-state index < -0.39 is 5.76 Å². The molecule has 2 heterocycles. The van der Waals surface area contributed by atoms with Crippen molar-refractivity contribution in [2.24, 2.45) is 5.92 Å². The van der Waals surface area contributed by atoms with Crippen LogP contribution in [0.25, 0.3) is 11.4 Å². The van der Waals surface area contributed by atoms with Crippen molar-refractivity contribution < 1.29 is 18.8 Å². The molecular formula is C21H27N3O5.